The highest BCUT2D eigenvalue weighted by molar-refractivity contribution is 7.89. The molecule has 1 aliphatic rings. The third kappa shape index (κ3) is 4.15. The smallest absolute Gasteiger partial charge is 0.274 e. The van der Waals surface area contributed by atoms with Crippen molar-refractivity contribution in [3.63, 3.8) is 0 Å². The standard InChI is InChI=1S/C30H22F2N4O3S/c1-35-15-23-21-11-18(16-40(2,38)39)5-9-25(21)36(26-10-8-20(31)12-24(26)32)29(19-6-3-17(13-33)4-7-19)22-14-34-28(27(22)23)30(35)37/h3-12,14-15,29,34H,16H2,1-2H3. The number of fused-ring (bicyclic) bond motifs is 2. The van der Waals surface area contributed by atoms with Crippen LogP contribution in [-0.4, -0.2) is 24.2 Å². The average molecular weight is 557 g/mol. The van der Waals surface area contributed by atoms with Gasteiger partial charge in [-0.25, -0.2) is 17.2 Å². The summed E-state index contributed by atoms with van der Waals surface area (Å²) in [5.41, 5.74) is 4.27. The van der Waals surface area contributed by atoms with E-state index in [2.05, 4.69) is 11.1 Å². The summed E-state index contributed by atoms with van der Waals surface area (Å²) < 4.78 is 55.4. The van der Waals surface area contributed by atoms with E-state index < -0.39 is 27.5 Å². The van der Waals surface area contributed by atoms with Crippen LogP contribution in [-0.2, 0) is 22.6 Å². The number of hydrogen-bond acceptors (Lipinski definition) is 5. The maximum atomic E-state index is 15.6. The van der Waals surface area contributed by atoms with Crippen LogP contribution in [0, 0.1) is 23.0 Å². The van der Waals surface area contributed by atoms with E-state index >= 15 is 4.39 Å². The van der Waals surface area contributed by atoms with E-state index in [4.69, 9.17) is 0 Å². The number of anilines is 2. The fourth-order valence-electron chi connectivity index (χ4n) is 5.50. The van der Waals surface area contributed by atoms with E-state index in [9.17, 15) is 22.9 Å². The van der Waals surface area contributed by atoms with E-state index in [0.717, 1.165) is 12.3 Å². The van der Waals surface area contributed by atoms with Crippen LogP contribution in [0.25, 0.3) is 22.0 Å². The highest BCUT2D eigenvalue weighted by Gasteiger charge is 2.35. The number of aromatic nitrogens is 2. The van der Waals surface area contributed by atoms with Gasteiger partial charge in [-0.2, -0.15) is 5.26 Å². The summed E-state index contributed by atoms with van der Waals surface area (Å²) in [7, 11) is -1.75. The third-order valence-corrected chi connectivity index (χ3v) is 8.01. The Bertz CT molecular complexity index is 2040. The lowest BCUT2D eigenvalue weighted by Gasteiger charge is -2.34. The Morgan fingerprint density at radius 2 is 1.73 bits per heavy atom. The minimum Gasteiger partial charge on any atom is -0.356 e. The molecule has 1 atom stereocenters. The molecule has 0 radical (unpaired) electrons. The van der Waals surface area contributed by atoms with Gasteiger partial charge in [-0.15, -0.1) is 0 Å². The molecule has 7 nitrogen and oxygen atoms in total. The van der Waals surface area contributed by atoms with Crippen LogP contribution in [0.1, 0.15) is 28.3 Å². The van der Waals surface area contributed by atoms with E-state index in [0.29, 0.717) is 50.0 Å². The number of nitriles is 1. The molecular weight excluding hydrogens is 534 g/mol. The number of nitrogens with zero attached hydrogens (tertiary/aromatic N) is 3. The van der Waals surface area contributed by atoms with E-state index in [1.165, 1.54) is 16.7 Å². The van der Waals surface area contributed by atoms with Crippen molar-refractivity contribution in [2.75, 3.05) is 11.2 Å². The summed E-state index contributed by atoms with van der Waals surface area (Å²) in [6, 6.07) is 16.7. The van der Waals surface area contributed by atoms with Crippen molar-refractivity contribution < 1.29 is 17.2 Å². The Kier molecular flexibility index (Phi) is 5.85. The summed E-state index contributed by atoms with van der Waals surface area (Å²) in [5, 5.41) is 9.97. The van der Waals surface area contributed by atoms with Gasteiger partial charge in [0.25, 0.3) is 5.56 Å². The van der Waals surface area contributed by atoms with Crippen LogP contribution in [0.15, 0.2) is 77.9 Å². The monoisotopic (exact) mass is 556 g/mol. The first-order valence-electron chi connectivity index (χ1n) is 12.3. The predicted octanol–water partition coefficient (Wildman–Crippen LogP) is 5.47. The van der Waals surface area contributed by atoms with Gasteiger partial charge in [0.05, 0.1) is 34.8 Å². The van der Waals surface area contributed by atoms with Crippen LogP contribution in [0.2, 0.25) is 0 Å². The first-order chi connectivity index (χ1) is 19.1. The minimum atomic E-state index is -3.37. The number of nitrogens with one attached hydrogen (secondary N) is 1. The molecule has 0 amide bonds. The molecule has 2 aromatic heterocycles. The van der Waals surface area contributed by atoms with Crippen LogP contribution < -0.4 is 10.5 Å². The maximum Gasteiger partial charge on any atom is 0.274 e. The first kappa shape index (κ1) is 25.5. The largest absolute Gasteiger partial charge is 0.356 e. The highest BCUT2D eigenvalue weighted by Crippen LogP contribution is 2.50. The molecule has 0 fully saturated rings. The lowest BCUT2D eigenvalue weighted by Crippen LogP contribution is -2.25. The van der Waals surface area contributed by atoms with Gasteiger partial charge in [0.2, 0.25) is 0 Å². The van der Waals surface area contributed by atoms with Crippen molar-refractivity contribution in [1.29, 1.82) is 5.26 Å². The van der Waals surface area contributed by atoms with Gasteiger partial charge < -0.3 is 14.5 Å². The van der Waals surface area contributed by atoms with Crippen molar-refractivity contribution >= 4 is 32.1 Å². The first-order valence-corrected chi connectivity index (χ1v) is 14.4. The molecule has 10 heteroatoms. The van der Waals surface area contributed by atoms with Gasteiger partial charge in [0.15, 0.2) is 9.84 Å². The molecule has 6 rings (SSSR count). The number of sulfone groups is 1. The second kappa shape index (κ2) is 9.17. The van der Waals surface area contributed by atoms with Crippen LogP contribution in [0.3, 0.4) is 0 Å². The van der Waals surface area contributed by atoms with E-state index in [1.807, 2.05) is 0 Å². The van der Waals surface area contributed by atoms with Crippen molar-refractivity contribution in [3.8, 4) is 17.2 Å². The summed E-state index contributed by atoms with van der Waals surface area (Å²) in [4.78, 5) is 18.0. The zero-order chi connectivity index (χ0) is 28.3. The number of hydrogen-bond donors (Lipinski definition) is 1. The van der Waals surface area contributed by atoms with Gasteiger partial charge in [0, 0.05) is 53.8 Å². The Labute approximate surface area is 228 Å². The van der Waals surface area contributed by atoms with Crippen LogP contribution in [0.4, 0.5) is 20.2 Å². The SMILES string of the molecule is Cn1cc2c3c(c[nH]c3c1=O)C(c1ccc(C#N)cc1)N(c1ccc(F)cc1F)c1ccc(CS(C)(=O)=O)cc1-2. The molecule has 0 saturated heterocycles. The second-order valence-corrected chi connectivity index (χ2v) is 12.1. The zero-order valence-electron chi connectivity index (χ0n) is 21.4. The van der Waals surface area contributed by atoms with Gasteiger partial charge in [-0.3, -0.25) is 4.79 Å². The number of halogens is 2. The van der Waals surface area contributed by atoms with Crippen LogP contribution >= 0.6 is 0 Å². The van der Waals surface area contributed by atoms with Crippen molar-refractivity contribution in [3.05, 3.63) is 117 Å². The Balaban J connectivity index is 1.76. The summed E-state index contributed by atoms with van der Waals surface area (Å²) >= 11 is 0. The maximum absolute atomic E-state index is 15.6. The number of aromatic amines is 1. The molecular formula is C30H22F2N4O3S. The molecule has 0 bridgehead atoms. The van der Waals surface area contributed by atoms with E-state index in [-0.39, 0.29) is 17.0 Å². The van der Waals surface area contributed by atoms with E-state index in [1.54, 1.807) is 66.8 Å². The number of aryl methyl sites for hydroxylation is 1. The predicted molar refractivity (Wildman–Crippen MR) is 149 cm³/mol. The Morgan fingerprint density at radius 3 is 2.40 bits per heavy atom. The molecule has 1 N–H and O–H groups in total. The topological polar surface area (TPSA) is 99.0 Å². The number of rotatable bonds is 4. The molecule has 40 heavy (non-hydrogen) atoms. The molecule has 1 aliphatic heterocycles. The van der Waals surface area contributed by atoms with Crippen molar-refractivity contribution in [2.45, 2.75) is 11.8 Å². The van der Waals surface area contributed by atoms with Crippen molar-refractivity contribution in [1.82, 2.24) is 9.55 Å². The Hall–Kier alpha value is -4.75. The lowest BCUT2D eigenvalue weighted by molar-refractivity contribution is 0.580. The van der Waals surface area contributed by atoms with Gasteiger partial charge in [-0.05, 0) is 47.5 Å². The van der Waals surface area contributed by atoms with Gasteiger partial charge in [-0.1, -0.05) is 18.2 Å². The summed E-state index contributed by atoms with van der Waals surface area (Å²) in [5.74, 6) is -1.73. The molecule has 0 spiro atoms. The quantitative estimate of drug-likeness (QED) is 0.317. The third-order valence-electron chi connectivity index (χ3n) is 7.15. The van der Waals surface area contributed by atoms with Gasteiger partial charge >= 0.3 is 0 Å². The number of pyridine rings is 1. The molecule has 3 heterocycles. The molecule has 0 saturated carbocycles. The average Bonchev–Trinajstić information content (AvgIpc) is 3.30. The van der Waals surface area contributed by atoms with Crippen LogP contribution in [0.5, 0.6) is 0 Å². The fourth-order valence-corrected chi connectivity index (χ4v) is 6.29. The zero-order valence-corrected chi connectivity index (χ0v) is 22.3. The number of H-pyrrole nitrogens is 1. The number of benzene rings is 3. The lowest BCUT2D eigenvalue weighted by atomic mass is 9.95. The summed E-state index contributed by atoms with van der Waals surface area (Å²) in [6.45, 7) is 0. The highest BCUT2D eigenvalue weighted by atomic mass is 32.2. The Morgan fingerprint density at radius 1 is 1.00 bits per heavy atom. The van der Waals surface area contributed by atoms with Crippen molar-refractivity contribution in [2.24, 2.45) is 7.05 Å². The normalized spacial score (nSPS) is 14.6. The molecule has 0 aliphatic carbocycles. The minimum absolute atomic E-state index is 0.0850. The molecule has 1 unspecified atom stereocenters. The van der Waals surface area contributed by atoms with Gasteiger partial charge in [0.1, 0.15) is 17.2 Å². The molecule has 3 aromatic carbocycles. The molecule has 5 aromatic rings. The molecule has 200 valence electrons. The second-order valence-electron chi connectivity index (χ2n) is 9.98. The fraction of sp³-hybridized carbons (Fsp3) is 0.133. The summed E-state index contributed by atoms with van der Waals surface area (Å²) in [6.07, 6.45) is 4.54.